The molecule has 5 unspecified atom stereocenters. The zero-order valence-electron chi connectivity index (χ0n) is 21.5. The van der Waals surface area contributed by atoms with Crippen LogP contribution >= 0.6 is 12.6 Å². The first-order chi connectivity index (χ1) is 18.4. The number of thiol groups is 1. The van der Waals surface area contributed by atoms with E-state index in [9.17, 15) is 29.4 Å². The van der Waals surface area contributed by atoms with Crippen molar-refractivity contribution in [1.82, 2.24) is 20.9 Å². The third kappa shape index (κ3) is 9.46. The summed E-state index contributed by atoms with van der Waals surface area (Å²) in [6.45, 7) is 1.49. The van der Waals surface area contributed by atoms with Crippen LogP contribution in [0.25, 0.3) is 10.9 Å². The van der Waals surface area contributed by atoms with Crippen LogP contribution in [0.3, 0.4) is 0 Å². The second-order valence-corrected chi connectivity index (χ2v) is 9.35. The van der Waals surface area contributed by atoms with Crippen LogP contribution in [0.15, 0.2) is 35.5 Å². The number of aliphatic hydroxyl groups is 1. The topological polar surface area (TPSA) is 251 Å². The molecule has 1 aromatic heterocycles. The number of aliphatic hydroxyl groups excluding tert-OH is 1. The molecule has 39 heavy (non-hydrogen) atoms. The molecule has 2 aromatic rings. The Bertz CT molecular complexity index is 1180. The molecule has 0 fully saturated rings. The fraction of sp³-hybridized carbons (Fsp3) is 0.458. The minimum Gasteiger partial charge on any atom is -0.480 e. The molecule has 1 aromatic carbocycles. The van der Waals surface area contributed by atoms with E-state index in [2.05, 4.69) is 38.6 Å². The number of carboxylic acid groups (broad SMARTS) is 1. The Hall–Kier alpha value is -3.82. The summed E-state index contributed by atoms with van der Waals surface area (Å²) in [5.41, 5.74) is 17.8. The molecule has 14 nitrogen and oxygen atoms in total. The van der Waals surface area contributed by atoms with Crippen LogP contribution < -0.4 is 33.2 Å². The highest BCUT2D eigenvalue weighted by Crippen LogP contribution is 2.19. The molecular weight excluding hydrogens is 528 g/mol. The number of hydrogen-bond donors (Lipinski definition) is 10. The largest absolute Gasteiger partial charge is 0.480 e. The summed E-state index contributed by atoms with van der Waals surface area (Å²) < 4.78 is 0. The van der Waals surface area contributed by atoms with Crippen molar-refractivity contribution in [3.8, 4) is 0 Å². The number of aliphatic carboxylic acids is 1. The molecule has 2 rings (SSSR count). The predicted octanol–water partition coefficient (Wildman–Crippen LogP) is -2.06. The van der Waals surface area contributed by atoms with Crippen molar-refractivity contribution in [2.45, 2.75) is 56.5 Å². The molecule has 214 valence electrons. The molecule has 0 aliphatic heterocycles. The Morgan fingerprint density at radius 3 is 2.26 bits per heavy atom. The van der Waals surface area contributed by atoms with Gasteiger partial charge in [-0.05, 0) is 31.4 Å². The van der Waals surface area contributed by atoms with Crippen molar-refractivity contribution in [1.29, 1.82) is 0 Å². The minimum atomic E-state index is -1.29. The number of fused-ring (bicyclic) bond motifs is 1. The average molecular weight is 565 g/mol. The van der Waals surface area contributed by atoms with E-state index in [0.29, 0.717) is 5.56 Å². The lowest BCUT2D eigenvalue weighted by atomic mass is 10.0. The molecule has 1 heterocycles. The van der Waals surface area contributed by atoms with Crippen LogP contribution in [0.2, 0.25) is 0 Å². The molecule has 0 spiro atoms. The van der Waals surface area contributed by atoms with Crippen molar-refractivity contribution < 1.29 is 29.4 Å². The van der Waals surface area contributed by atoms with E-state index in [1.807, 2.05) is 24.3 Å². The molecule has 0 saturated carbocycles. The molecule has 5 atom stereocenters. The number of hydrogen-bond acceptors (Lipinski definition) is 8. The average Bonchev–Trinajstić information content (AvgIpc) is 3.30. The first kappa shape index (κ1) is 31.4. The second kappa shape index (κ2) is 14.9. The van der Waals surface area contributed by atoms with Gasteiger partial charge in [-0.15, -0.1) is 0 Å². The van der Waals surface area contributed by atoms with Crippen molar-refractivity contribution in [3.63, 3.8) is 0 Å². The molecule has 3 amide bonds. The third-order valence-electron chi connectivity index (χ3n) is 5.93. The Labute approximate surface area is 230 Å². The van der Waals surface area contributed by atoms with Gasteiger partial charge in [0.25, 0.3) is 0 Å². The van der Waals surface area contributed by atoms with Gasteiger partial charge in [0.1, 0.15) is 24.2 Å². The summed E-state index contributed by atoms with van der Waals surface area (Å²) in [4.78, 5) is 57.3. The van der Waals surface area contributed by atoms with Crippen molar-refractivity contribution in [2.24, 2.45) is 22.2 Å². The number of aromatic nitrogens is 1. The lowest BCUT2D eigenvalue weighted by Crippen LogP contribution is -2.58. The number of carbonyl (C=O) groups is 4. The summed E-state index contributed by atoms with van der Waals surface area (Å²) in [7, 11) is 0. The molecule has 0 aliphatic rings. The van der Waals surface area contributed by atoms with Gasteiger partial charge in [0.15, 0.2) is 5.96 Å². The molecule has 0 saturated heterocycles. The SMILES string of the molecule is CC(O)C(N)C(=O)NC(CS)C(=O)NC(CCCN=C(N)N)C(=O)NC(Cc1c[nH]c2ccccc12)C(=O)O. The van der Waals surface area contributed by atoms with E-state index < -0.39 is 54.0 Å². The van der Waals surface area contributed by atoms with Crippen molar-refractivity contribution in [2.75, 3.05) is 12.3 Å². The molecule has 0 radical (unpaired) electrons. The Morgan fingerprint density at radius 2 is 1.64 bits per heavy atom. The van der Waals surface area contributed by atoms with E-state index in [4.69, 9.17) is 17.2 Å². The van der Waals surface area contributed by atoms with E-state index in [-0.39, 0.29) is 37.5 Å². The van der Waals surface area contributed by atoms with Crippen molar-refractivity contribution >= 4 is 53.2 Å². The summed E-state index contributed by atoms with van der Waals surface area (Å²) >= 11 is 4.09. The summed E-state index contributed by atoms with van der Waals surface area (Å²) in [5, 5.41) is 27.6. The van der Waals surface area contributed by atoms with Crippen LogP contribution in [-0.4, -0.2) is 87.4 Å². The molecule has 0 aliphatic carbocycles. The van der Waals surface area contributed by atoms with Crippen LogP contribution in [0, 0.1) is 0 Å². The van der Waals surface area contributed by atoms with E-state index >= 15 is 0 Å². The van der Waals surface area contributed by atoms with Gasteiger partial charge in [-0.3, -0.25) is 19.4 Å². The van der Waals surface area contributed by atoms with Gasteiger partial charge >= 0.3 is 5.97 Å². The van der Waals surface area contributed by atoms with Gasteiger partial charge in [0.2, 0.25) is 17.7 Å². The number of amides is 3. The van der Waals surface area contributed by atoms with Gasteiger partial charge in [-0.25, -0.2) is 4.79 Å². The molecule has 15 heteroatoms. The number of aliphatic imine (C=N–C) groups is 1. The maximum Gasteiger partial charge on any atom is 0.326 e. The summed E-state index contributed by atoms with van der Waals surface area (Å²) in [6, 6.07) is 2.41. The highest BCUT2D eigenvalue weighted by Gasteiger charge is 2.30. The van der Waals surface area contributed by atoms with Gasteiger partial charge in [-0.2, -0.15) is 12.6 Å². The highest BCUT2D eigenvalue weighted by atomic mass is 32.1. The molecule has 12 N–H and O–H groups in total. The lowest BCUT2D eigenvalue weighted by molar-refractivity contribution is -0.142. The number of aromatic amines is 1. The first-order valence-electron chi connectivity index (χ1n) is 12.2. The Balaban J connectivity index is 2.17. The number of carbonyl (C=O) groups excluding carboxylic acids is 3. The lowest BCUT2D eigenvalue weighted by Gasteiger charge is -2.25. The number of nitrogens with one attached hydrogen (secondary N) is 4. The summed E-state index contributed by atoms with van der Waals surface area (Å²) in [6.07, 6.45) is 0.855. The van der Waals surface area contributed by atoms with E-state index in [1.54, 1.807) is 6.20 Å². The Morgan fingerprint density at radius 1 is 1.03 bits per heavy atom. The van der Waals surface area contributed by atoms with E-state index in [1.165, 1.54) is 6.92 Å². The Kier molecular flexibility index (Phi) is 12.0. The summed E-state index contributed by atoms with van der Waals surface area (Å²) in [5.74, 6) is -3.81. The van der Waals surface area contributed by atoms with Crippen LogP contribution in [-0.2, 0) is 25.6 Å². The van der Waals surface area contributed by atoms with Crippen LogP contribution in [0.5, 0.6) is 0 Å². The number of rotatable bonds is 15. The second-order valence-electron chi connectivity index (χ2n) is 8.98. The maximum atomic E-state index is 13.2. The first-order valence-corrected chi connectivity index (χ1v) is 12.9. The number of carboxylic acids is 1. The number of para-hydroxylation sites is 1. The van der Waals surface area contributed by atoms with E-state index in [0.717, 1.165) is 10.9 Å². The smallest absolute Gasteiger partial charge is 0.326 e. The fourth-order valence-electron chi connectivity index (χ4n) is 3.72. The van der Waals surface area contributed by atoms with Crippen LogP contribution in [0.4, 0.5) is 0 Å². The monoisotopic (exact) mass is 564 g/mol. The number of nitrogens with two attached hydrogens (primary N) is 3. The fourth-order valence-corrected chi connectivity index (χ4v) is 3.98. The molecule has 0 bridgehead atoms. The molecular formula is C24H36N8O6S. The maximum absolute atomic E-state index is 13.2. The van der Waals surface area contributed by atoms with Crippen molar-refractivity contribution in [3.05, 3.63) is 36.0 Å². The quantitative estimate of drug-likeness (QED) is 0.0493. The zero-order valence-corrected chi connectivity index (χ0v) is 22.4. The van der Waals surface area contributed by atoms with Gasteiger partial charge in [-0.1, -0.05) is 18.2 Å². The number of guanidine groups is 1. The number of benzene rings is 1. The number of H-pyrrole nitrogens is 1. The number of nitrogens with zero attached hydrogens (tertiary/aromatic N) is 1. The standard InChI is InChI=1S/C24H36N8O6S/c1-12(33)19(25)22(36)32-18(11-39)21(35)30-16(7-4-8-28-24(26)27)20(34)31-17(23(37)38)9-13-10-29-15-6-3-2-5-14(13)15/h2-3,5-6,10,12,16-19,29,33,39H,4,7-9,11,25H2,1H3,(H,30,35)(H,31,34)(H,32,36)(H,37,38)(H4,26,27,28). The van der Waals surface area contributed by atoms with Gasteiger partial charge < -0.3 is 48.3 Å². The normalized spacial score (nSPS) is 14.9. The minimum absolute atomic E-state index is 0.00763. The zero-order chi connectivity index (χ0) is 29.1. The van der Waals surface area contributed by atoms with Gasteiger partial charge in [0.05, 0.1) is 6.10 Å². The highest BCUT2D eigenvalue weighted by molar-refractivity contribution is 7.80. The predicted molar refractivity (Wildman–Crippen MR) is 149 cm³/mol. The third-order valence-corrected chi connectivity index (χ3v) is 6.29. The van der Waals surface area contributed by atoms with Crippen LogP contribution in [0.1, 0.15) is 25.3 Å². The van der Waals surface area contributed by atoms with Gasteiger partial charge in [0, 0.05) is 35.8 Å².